The Morgan fingerprint density at radius 3 is 2.85 bits per heavy atom. The first kappa shape index (κ1) is 13.4. The Kier molecular flexibility index (Phi) is 3.38. The molecule has 8 heteroatoms. The van der Waals surface area contributed by atoms with Gasteiger partial charge in [0.25, 0.3) is 0 Å². The lowest BCUT2D eigenvalue weighted by atomic mass is 10.0. The van der Waals surface area contributed by atoms with E-state index in [1.54, 1.807) is 24.0 Å². The number of hydrogen-bond donors (Lipinski definition) is 3. The van der Waals surface area contributed by atoms with Crippen LogP contribution in [0.25, 0.3) is 11.2 Å². The highest BCUT2D eigenvalue weighted by Crippen LogP contribution is 2.28. The second kappa shape index (κ2) is 5.06. The topological polar surface area (TPSA) is 114 Å². The molecule has 0 saturated carbocycles. The molecule has 1 fully saturated rings. The summed E-state index contributed by atoms with van der Waals surface area (Å²) in [4.78, 5) is 12.2. The molecule has 3 rings (SSSR count). The van der Waals surface area contributed by atoms with Gasteiger partial charge in [-0.2, -0.15) is 0 Å². The number of aromatic nitrogens is 4. The third-order valence-corrected chi connectivity index (χ3v) is 3.59. The van der Waals surface area contributed by atoms with Gasteiger partial charge in [-0.15, -0.1) is 0 Å². The largest absolute Gasteiger partial charge is 0.390 e. The van der Waals surface area contributed by atoms with Crippen molar-refractivity contribution in [3.05, 3.63) is 18.9 Å². The van der Waals surface area contributed by atoms with Crippen LogP contribution >= 0.6 is 0 Å². The van der Waals surface area contributed by atoms with Crippen LogP contribution in [0.1, 0.15) is 19.6 Å². The minimum atomic E-state index is -1.24. The smallest absolute Gasteiger partial charge is 0.165 e. The summed E-state index contributed by atoms with van der Waals surface area (Å²) < 4.78 is 7.38. The minimum Gasteiger partial charge on any atom is -0.390 e. The first-order chi connectivity index (χ1) is 9.58. The maximum absolute atomic E-state index is 9.93. The fourth-order valence-electron chi connectivity index (χ4n) is 2.41. The number of fused-ring (bicyclic) bond motifs is 1. The molecule has 0 aromatic carbocycles. The average Bonchev–Trinajstić information content (AvgIpc) is 2.84. The normalized spacial score (nSPS) is 35.1. The molecule has 2 aromatic rings. The lowest BCUT2D eigenvalue weighted by Crippen LogP contribution is -2.41. The van der Waals surface area contributed by atoms with E-state index >= 15 is 0 Å². The molecule has 20 heavy (non-hydrogen) atoms. The summed E-state index contributed by atoms with van der Waals surface area (Å²) in [6.45, 7) is 1.65. The van der Waals surface area contributed by atoms with E-state index in [1.165, 1.54) is 6.33 Å². The zero-order valence-electron chi connectivity index (χ0n) is 10.9. The fraction of sp³-hybridized carbons (Fsp3) is 0.583. The lowest BCUT2D eigenvalue weighted by molar-refractivity contribution is -0.107. The summed E-state index contributed by atoms with van der Waals surface area (Å²) in [6.07, 6.45) is 0.0296. The van der Waals surface area contributed by atoms with Gasteiger partial charge in [-0.1, -0.05) is 0 Å². The molecule has 3 heterocycles. The van der Waals surface area contributed by atoms with Crippen LogP contribution in [0.3, 0.4) is 0 Å². The van der Waals surface area contributed by atoms with Crippen molar-refractivity contribution in [3.8, 4) is 0 Å². The van der Waals surface area contributed by atoms with Crippen molar-refractivity contribution in [2.45, 2.75) is 44.0 Å². The Morgan fingerprint density at radius 2 is 2.05 bits per heavy atom. The third kappa shape index (κ3) is 2.16. The molecular formula is C12H16N4O4. The van der Waals surface area contributed by atoms with Crippen molar-refractivity contribution in [1.82, 2.24) is 19.5 Å². The maximum Gasteiger partial charge on any atom is 0.165 e. The molecule has 1 aliphatic heterocycles. The standard InChI is InChI=1S/C12H16N4O4/c1-6-10(18)11(19)8(17)2-9(20-6)16-5-15-7-3-13-4-14-12(7)16/h3-6,8-11,17-19H,2H2,1H3/t6-,8+,9+,10-,11+/m1/s1. The zero-order valence-corrected chi connectivity index (χ0v) is 10.9. The highest BCUT2D eigenvalue weighted by molar-refractivity contribution is 5.68. The van der Waals surface area contributed by atoms with Gasteiger partial charge >= 0.3 is 0 Å². The van der Waals surface area contributed by atoms with E-state index < -0.39 is 30.6 Å². The Labute approximate surface area is 114 Å². The van der Waals surface area contributed by atoms with Crippen LogP contribution in [-0.2, 0) is 4.74 Å². The minimum absolute atomic E-state index is 0.137. The molecule has 108 valence electrons. The van der Waals surface area contributed by atoms with Crippen molar-refractivity contribution >= 4 is 11.2 Å². The predicted molar refractivity (Wildman–Crippen MR) is 67.5 cm³/mol. The Hall–Kier alpha value is -1.61. The average molecular weight is 280 g/mol. The number of aliphatic hydroxyl groups is 3. The molecule has 0 aliphatic carbocycles. The second-order valence-corrected chi connectivity index (χ2v) is 4.96. The highest BCUT2D eigenvalue weighted by Gasteiger charge is 2.37. The molecule has 0 bridgehead atoms. The van der Waals surface area contributed by atoms with Crippen LogP contribution in [0.5, 0.6) is 0 Å². The molecule has 5 atom stereocenters. The molecule has 1 aliphatic rings. The van der Waals surface area contributed by atoms with Crippen molar-refractivity contribution in [2.75, 3.05) is 0 Å². The van der Waals surface area contributed by atoms with E-state index in [0.29, 0.717) is 11.2 Å². The quantitative estimate of drug-likeness (QED) is 0.627. The summed E-state index contributed by atoms with van der Waals surface area (Å²) >= 11 is 0. The van der Waals surface area contributed by atoms with Crippen molar-refractivity contribution < 1.29 is 20.1 Å². The monoisotopic (exact) mass is 280 g/mol. The van der Waals surface area contributed by atoms with E-state index in [1.807, 2.05) is 0 Å². The van der Waals surface area contributed by atoms with E-state index in [4.69, 9.17) is 4.74 Å². The van der Waals surface area contributed by atoms with Crippen molar-refractivity contribution in [3.63, 3.8) is 0 Å². The molecular weight excluding hydrogens is 264 g/mol. The Bertz CT molecular complexity index is 588. The Balaban J connectivity index is 1.97. The van der Waals surface area contributed by atoms with Gasteiger partial charge in [0, 0.05) is 6.42 Å². The van der Waals surface area contributed by atoms with Crippen LogP contribution in [0.15, 0.2) is 18.9 Å². The SMILES string of the molecule is C[C@H]1O[C@H](n2cnc3cncnc32)C[C@H](O)[C@H](O)[C@@H]1O. The Morgan fingerprint density at radius 1 is 1.25 bits per heavy atom. The van der Waals surface area contributed by atoms with Gasteiger partial charge < -0.3 is 20.1 Å². The molecule has 2 aromatic heterocycles. The van der Waals surface area contributed by atoms with Gasteiger partial charge in [-0.05, 0) is 6.92 Å². The van der Waals surface area contributed by atoms with E-state index in [2.05, 4.69) is 15.0 Å². The number of imidazole rings is 1. The van der Waals surface area contributed by atoms with Gasteiger partial charge in [-0.25, -0.2) is 15.0 Å². The van der Waals surface area contributed by atoms with E-state index in [0.717, 1.165) is 0 Å². The van der Waals surface area contributed by atoms with Crippen LogP contribution in [0.2, 0.25) is 0 Å². The van der Waals surface area contributed by atoms with Gasteiger partial charge in [0.1, 0.15) is 30.3 Å². The van der Waals surface area contributed by atoms with Crippen LogP contribution in [0, 0.1) is 0 Å². The van der Waals surface area contributed by atoms with Gasteiger partial charge in [0.05, 0.1) is 24.7 Å². The first-order valence-corrected chi connectivity index (χ1v) is 6.40. The number of aliphatic hydroxyl groups excluding tert-OH is 3. The summed E-state index contributed by atoms with van der Waals surface area (Å²) in [7, 11) is 0. The summed E-state index contributed by atoms with van der Waals surface area (Å²) in [5, 5.41) is 29.6. The number of rotatable bonds is 1. The number of ether oxygens (including phenoxy) is 1. The zero-order chi connectivity index (χ0) is 14.3. The van der Waals surface area contributed by atoms with Crippen LogP contribution in [0.4, 0.5) is 0 Å². The first-order valence-electron chi connectivity index (χ1n) is 6.40. The molecule has 0 amide bonds. The fourth-order valence-corrected chi connectivity index (χ4v) is 2.41. The van der Waals surface area contributed by atoms with E-state index in [-0.39, 0.29) is 6.42 Å². The molecule has 0 spiro atoms. The highest BCUT2D eigenvalue weighted by atomic mass is 16.5. The third-order valence-electron chi connectivity index (χ3n) is 3.59. The van der Waals surface area contributed by atoms with Gasteiger partial charge in [-0.3, -0.25) is 4.57 Å². The number of hydrogen-bond acceptors (Lipinski definition) is 7. The van der Waals surface area contributed by atoms with E-state index in [9.17, 15) is 15.3 Å². The molecule has 1 saturated heterocycles. The molecule has 0 radical (unpaired) electrons. The summed E-state index contributed by atoms with van der Waals surface area (Å²) in [5.74, 6) is 0. The van der Waals surface area contributed by atoms with Crippen LogP contribution < -0.4 is 0 Å². The summed E-state index contributed by atoms with van der Waals surface area (Å²) in [5.41, 5.74) is 1.19. The predicted octanol–water partition coefficient (Wildman–Crippen LogP) is -0.784. The maximum atomic E-state index is 9.93. The van der Waals surface area contributed by atoms with Gasteiger partial charge in [0.15, 0.2) is 5.65 Å². The van der Waals surface area contributed by atoms with Crippen LogP contribution in [-0.4, -0.2) is 59.3 Å². The molecule has 0 unspecified atom stereocenters. The lowest BCUT2D eigenvalue weighted by Gasteiger charge is -2.22. The number of nitrogens with zero attached hydrogens (tertiary/aromatic N) is 4. The summed E-state index contributed by atoms with van der Waals surface area (Å²) in [6, 6.07) is 0. The van der Waals surface area contributed by atoms with Crippen molar-refractivity contribution in [2.24, 2.45) is 0 Å². The molecule has 8 nitrogen and oxygen atoms in total. The molecule has 3 N–H and O–H groups in total. The van der Waals surface area contributed by atoms with Crippen molar-refractivity contribution in [1.29, 1.82) is 0 Å². The second-order valence-electron chi connectivity index (χ2n) is 4.96. The van der Waals surface area contributed by atoms with Gasteiger partial charge in [0.2, 0.25) is 0 Å².